The molecule has 0 radical (unpaired) electrons. The molecule has 0 unspecified atom stereocenters. The highest BCUT2D eigenvalue weighted by atomic mass is 32.2. The summed E-state index contributed by atoms with van der Waals surface area (Å²) in [7, 11) is -3.36. The van der Waals surface area contributed by atoms with Crippen molar-refractivity contribution in [1.82, 2.24) is 4.98 Å². The Balaban J connectivity index is 1.69. The molecule has 0 saturated heterocycles. The lowest BCUT2D eigenvalue weighted by atomic mass is 10.1. The molecule has 0 bridgehead atoms. The highest BCUT2D eigenvalue weighted by Crippen LogP contribution is 2.31. The number of hydrogen-bond donors (Lipinski definition) is 0. The number of anilines is 2. The molecule has 0 fully saturated rings. The smallest absolute Gasteiger partial charge is 0.258 e. The Hall–Kier alpha value is -3.26. The second-order valence-electron chi connectivity index (χ2n) is 7.12. The third-order valence-electron chi connectivity index (χ3n) is 5.01. The number of aromatic nitrogens is 1. The Morgan fingerprint density at radius 1 is 1.13 bits per heavy atom. The molecule has 3 aromatic rings. The van der Waals surface area contributed by atoms with Gasteiger partial charge in [-0.3, -0.25) is 14.1 Å². The van der Waals surface area contributed by atoms with Crippen LogP contribution in [0.1, 0.15) is 21.6 Å². The molecule has 0 atom stereocenters. The van der Waals surface area contributed by atoms with Gasteiger partial charge in [0.1, 0.15) is 5.82 Å². The van der Waals surface area contributed by atoms with Crippen molar-refractivity contribution in [3.05, 3.63) is 89.5 Å². The Bertz CT molecular complexity index is 1180. The first-order valence-corrected chi connectivity index (χ1v) is 11.3. The molecule has 2 heterocycles. The van der Waals surface area contributed by atoms with Crippen LogP contribution in [0.3, 0.4) is 0 Å². The zero-order valence-electron chi connectivity index (χ0n) is 16.3. The van der Waals surface area contributed by atoms with Crippen LogP contribution in [-0.2, 0) is 23.0 Å². The molecule has 30 heavy (non-hydrogen) atoms. The Labute approximate surface area is 174 Å². The third-order valence-corrected chi connectivity index (χ3v) is 6.19. The molecule has 0 aliphatic carbocycles. The van der Waals surface area contributed by atoms with Gasteiger partial charge in [0.15, 0.2) is 0 Å². The van der Waals surface area contributed by atoms with Crippen LogP contribution < -0.4 is 9.21 Å². The topological polar surface area (TPSA) is 70.6 Å². The standard InChI is InChI=1S/C22H20FN3O3S/c1-30(28,29)26-13-11-16-14-17(5-10-21(16)26)22(27)25(15-19-4-2-3-12-24-19)20-8-6-18(23)7-9-20/h2-10,12,14H,11,13,15H2,1H3. The summed E-state index contributed by atoms with van der Waals surface area (Å²) in [5.41, 5.74) is 3.09. The van der Waals surface area contributed by atoms with Gasteiger partial charge in [-0.25, -0.2) is 12.8 Å². The molecule has 1 aromatic heterocycles. The van der Waals surface area contributed by atoms with Gasteiger partial charge in [-0.15, -0.1) is 0 Å². The van der Waals surface area contributed by atoms with Crippen molar-refractivity contribution < 1.29 is 17.6 Å². The molecule has 4 rings (SSSR count). The second-order valence-corrected chi connectivity index (χ2v) is 9.02. The van der Waals surface area contributed by atoms with Gasteiger partial charge in [-0.1, -0.05) is 6.07 Å². The molecule has 2 aromatic carbocycles. The molecule has 0 N–H and O–H groups in total. The number of carbonyl (C=O) groups is 1. The maximum absolute atomic E-state index is 13.4. The van der Waals surface area contributed by atoms with E-state index in [-0.39, 0.29) is 18.3 Å². The fourth-order valence-electron chi connectivity index (χ4n) is 3.56. The van der Waals surface area contributed by atoms with E-state index in [2.05, 4.69) is 4.98 Å². The summed E-state index contributed by atoms with van der Waals surface area (Å²) in [6.45, 7) is 0.583. The summed E-state index contributed by atoms with van der Waals surface area (Å²) in [5, 5.41) is 0. The number of nitrogens with zero attached hydrogens (tertiary/aromatic N) is 3. The lowest BCUT2D eigenvalue weighted by Gasteiger charge is -2.23. The first-order valence-electron chi connectivity index (χ1n) is 9.41. The summed E-state index contributed by atoms with van der Waals surface area (Å²) in [4.78, 5) is 19.2. The summed E-state index contributed by atoms with van der Waals surface area (Å²) in [6, 6.07) is 16.2. The quantitative estimate of drug-likeness (QED) is 0.628. The summed E-state index contributed by atoms with van der Waals surface area (Å²) >= 11 is 0. The minimum atomic E-state index is -3.36. The fourth-order valence-corrected chi connectivity index (χ4v) is 4.52. The highest BCUT2D eigenvalue weighted by molar-refractivity contribution is 7.92. The minimum absolute atomic E-state index is 0.220. The van der Waals surface area contributed by atoms with Gasteiger partial charge >= 0.3 is 0 Å². The lowest BCUT2D eigenvalue weighted by molar-refractivity contribution is 0.0984. The van der Waals surface area contributed by atoms with Crippen molar-refractivity contribution in [2.75, 3.05) is 22.0 Å². The fraction of sp³-hybridized carbons (Fsp3) is 0.182. The SMILES string of the molecule is CS(=O)(=O)N1CCc2cc(C(=O)N(Cc3ccccn3)c3ccc(F)cc3)ccc21. The van der Waals surface area contributed by atoms with Crippen LogP contribution in [0.15, 0.2) is 66.9 Å². The normalized spacial score (nSPS) is 13.2. The number of hydrogen-bond acceptors (Lipinski definition) is 4. The van der Waals surface area contributed by atoms with Gasteiger partial charge < -0.3 is 4.90 Å². The van der Waals surface area contributed by atoms with E-state index < -0.39 is 10.0 Å². The van der Waals surface area contributed by atoms with Crippen LogP contribution in [0.5, 0.6) is 0 Å². The molecule has 0 spiro atoms. The molecule has 1 aliphatic rings. The number of benzene rings is 2. The minimum Gasteiger partial charge on any atom is -0.302 e. The van der Waals surface area contributed by atoms with Crippen LogP contribution in [0, 0.1) is 5.82 Å². The predicted octanol–water partition coefficient (Wildman–Crippen LogP) is 3.39. The largest absolute Gasteiger partial charge is 0.302 e. The molecule has 0 saturated carbocycles. The number of fused-ring (bicyclic) bond motifs is 1. The number of sulfonamides is 1. The third kappa shape index (κ3) is 4.04. The molecule has 8 heteroatoms. The van der Waals surface area contributed by atoms with Crippen LogP contribution in [-0.4, -0.2) is 32.1 Å². The Morgan fingerprint density at radius 3 is 2.57 bits per heavy atom. The Morgan fingerprint density at radius 2 is 1.90 bits per heavy atom. The number of halogens is 1. The van der Waals surface area contributed by atoms with Gasteiger partial charge in [0.05, 0.1) is 24.2 Å². The van der Waals surface area contributed by atoms with Crippen LogP contribution in [0.2, 0.25) is 0 Å². The van der Waals surface area contributed by atoms with E-state index in [0.717, 1.165) is 5.56 Å². The number of rotatable bonds is 5. The first-order chi connectivity index (χ1) is 14.3. The monoisotopic (exact) mass is 425 g/mol. The predicted molar refractivity (Wildman–Crippen MR) is 113 cm³/mol. The van der Waals surface area contributed by atoms with Gasteiger partial charge in [0.2, 0.25) is 10.0 Å². The molecule has 154 valence electrons. The first kappa shape index (κ1) is 20.0. The molecular formula is C22H20FN3O3S. The van der Waals surface area contributed by atoms with E-state index in [9.17, 15) is 17.6 Å². The van der Waals surface area contributed by atoms with Crippen molar-refractivity contribution in [2.45, 2.75) is 13.0 Å². The summed E-state index contributed by atoms with van der Waals surface area (Å²) in [5.74, 6) is -0.657. The maximum atomic E-state index is 13.4. The van der Waals surface area contributed by atoms with Crippen LogP contribution >= 0.6 is 0 Å². The van der Waals surface area contributed by atoms with Gasteiger partial charge in [-0.2, -0.15) is 0 Å². The van der Waals surface area contributed by atoms with Crippen molar-refractivity contribution in [1.29, 1.82) is 0 Å². The zero-order valence-corrected chi connectivity index (χ0v) is 17.1. The highest BCUT2D eigenvalue weighted by Gasteiger charge is 2.28. The molecule has 1 aliphatic heterocycles. The van der Waals surface area contributed by atoms with E-state index in [4.69, 9.17) is 0 Å². The van der Waals surface area contributed by atoms with E-state index in [1.165, 1.54) is 27.6 Å². The number of pyridine rings is 1. The number of amides is 1. The van der Waals surface area contributed by atoms with E-state index in [1.54, 1.807) is 42.6 Å². The zero-order chi connectivity index (χ0) is 21.3. The molecular weight excluding hydrogens is 405 g/mol. The summed E-state index contributed by atoms with van der Waals surface area (Å²) in [6.07, 6.45) is 3.36. The van der Waals surface area contributed by atoms with E-state index in [1.807, 2.05) is 12.1 Å². The van der Waals surface area contributed by atoms with Crippen molar-refractivity contribution >= 4 is 27.3 Å². The maximum Gasteiger partial charge on any atom is 0.258 e. The lowest BCUT2D eigenvalue weighted by Crippen LogP contribution is -2.31. The van der Waals surface area contributed by atoms with Gasteiger partial charge in [0, 0.05) is 24.0 Å². The molecule has 6 nitrogen and oxygen atoms in total. The van der Waals surface area contributed by atoms with Crippen LogP contribution in [0.25, 0.3) is 0 Å². The second kappa shape index (κ2) is 7.87. The van der Waals surface area contributed by atoms with Crippen molar-refractivity contribution in [3.63, 3.8) is 0 Å². The Kier molecular flexibility index (Phi) is 5.26. The molecule has 1 amide bonds. The average molecular weight is 425 g/mol. The van der Waals surface area contributed by atoms with E-state index in [0.29, 0.717) is 35.6 Å². The van der Waals surface area contributed by atoms with E-state index >= 15 is 0 Å². The number of carbonyl (C=O) groups excluding carboxylic acids is 1. The van der Waals surface area contributed by atoms with Crippen LogP contribution in [0.4, 0.5) is 15.8 Å². The van der Waals surface area contributed by atoms with Gasteiger partial charge in [0.25, 0.3) is 5.91 Å². The summed E-state index contributed by atoms with van der Waals surface area (Å²) < 4.78 is 38.7. The van der Waals surface area contributed by atoms with Crippen molar-refractivity contribution in [3.8, 4) is 0 Å². The van der Waals surface area contributed by atoms with Gasteiger partial charge in [-0.05, 0) is 66.6 Å². The van der Waals surface area contributed by atoms with Crippen molar-refractivity contribution in [2.24, 2.45) is 0 Å². The average Bonchev–Trinajstić information content (AvgIpc) is 3.17.